The molecule has 2 nitrogen and oxygen atoms in total. The second-order valence-electron chi connectivity index (χ2n) is 4.51. The Morgan fingerprint density at radius 3 is 2.08 bits per heavy atom. The molecule has 0 amide bonds. The maximum Gasteiger partial charge on any atom is 0.0589 e. The van der Waals surface area contributed by atoms with E-state index in [0.29, 0.717) is 0 Å². The Morgan fingerprint density at radius 2 is 1.75 bits per heavy atom. The normalized spacial score (nSPS) is 17.5. The molecule has 2 atom stereocenters. The Hall–Kier alpha value is -0.0800. The van der Waals surface area contributed by atoms with E-state index in [2.05, 4.69) is 20.8 Å². The summed E-state index contributed by atoms with van der Waals surface area (Å²) in [6.45, 7) is 8.18. The lowest BCUT2D eigenvalue weighted by Crippen LogP contribution is -2.27. The number of ether oxygens (including phenoxy) is 1. The lowest BCUT2D eigenvalue weighted by molar-refractivity contribution is 0.0329. The highest BCUT2D eigenvalue weighted by atomic mass is 16.5. The molecule has 0 spiro atoms. The molecular weight excluding hydrogens is 152 g/mol. The molecule has 0 aliphatic rings. The topological polar surface area (TPSA) is 29.5 Å². The average molecular weight is 174 g/mol. The quantitative estimate of drug-likeness (QED) is 0.708. The van der Waals surface area contributed by atoms with Crippen molar-refractivity contribution in [3.8, 4) is 0 Å². The number of aliphatic hydroxyl groups is 1. The van der Waals surface area contributed by atoms with E-state index in [4.69, 9.17) is 4.74 Å². The van der Waals surface area contributed by atoms with Gasteiger partial charge in [0.05, 0.1) is 12.2 Å². The first kappa shape index (κ1) is 11.9. The van der Waals surface area contributed by atoms with Crippen molar-refractivity contribution in [2.75, 3.05) is 7.11 Å². The molecule has 0 aromatic carbocycles. The number of hydrogen-bond donors (Lipinski definition) is 1. The Balaban J connectivity index is 3.64. The molecule has 0 aromatic heterocycles. The minimum absolute atomic E-state index is 0.00649. The third kappa shape index (κ3) is 4.73. The fourth-order valence-electron chi connectivity index (χ4n) is 0.943. The molecule has 0 bridgehead atoms. The van der Waals surface area contributed by atoms with Gasteiger partial charge in [0, 0.05) is 7.11 Å². The molecule has 0 saturated heterocycles. The monoisotopic (exact) mass is 174 g/mol. The van der Waals surface area contributed by atoms with Crippen molar-refractivity contribution in [3.63, 3.8) is 0 Å². The molecule has 0 aromatic rings. The highest BCUT2D eigenvalue weighted by molar-refractivity contribution is 4.73. The first-order valence-electron chi connectivity index (χ1n) is 4.58. The fraction of sp³-hybridized carbons (Fsp3) is 1.00. The summed E-state index contributed by atoms with van der Waals surface area (Å²) in [6.07, 6.45) is 1.77. The van der Waals surface area contributed by atoms with Crippen LogP contribution < -0.4 is 0 Å². The van der Waals surface area contributed by atoms with E-state index in [1.807, 2.05) is 6.92 Å². The average Bonchev–Trinajstić information content (AvgIpc) is 1.97. The van der Waals surface area contributed by atoms with E-state index in [1.54, 1.807) is 7.11 Å². The highest BCUT2D eigenvalue weighted by Gasteiger charge is 2.21. The summed E-state index contributed by atoms with van der Waals surface area (Å²) in [6, 6.07) is 0. The van der Waals surface area contributed by atoms with Gasteiger partial charge in [-0.1, -0.05) is 20.8 Å². The van der Waals surface area contributed by atoms with Crippen LogP contribution in [0.3, 0.4) is 0 Å². The van der Waals surface area contributed by atoms with Crippen LogP contribution in [-0.4, -0.2) is 24.4 Å². The van der Waals surface area contributed by atoms with Crippen LogP contribution in [0.4, 0.5) is 0 Å². The number of methoxy groups -OCH3 is 1. The van der Waals surface area contributed by atoms with Crippen molar-refractivity contribution < 1.29 is 9.84 Å². The van der Waals surface area contributed by atoms with Gasteiger partial charge in [-0.05, 0) is 25.2 Å². The summed E-state index contributed by atoms with van der Waals surface area (Å²) in [5.41, 5.74) is -0.00649. The third-order valence-corrected chi connectivity index (χ3v) is 2.25. The first-order chi connectivity index (χ1) is 5.38. The summed E-state index contributed by atoms with van der Waals surface area (Å²) in [5, 5.41) is 9.67. The van der Waals surface area contributed by atoms with Gasteiger partial charge in [-0.15, -0.1) is 0 Å². The van der Waals surface area contributed by atoms with Crippen LogP contribution in [0.15, 0.2) is 0 Å². The zero-order valence-corrected chi connectivity index (χ0v) is 8.92. The lowest BCUT2D eigenvalue weighted by Gasteiger charge is -2.26. The van der Waals surface area contributed by atoms with Crippen molar-refractivity contribution in [2.24, 2.45) is 5.41 Å². The Bertz CT molecular complexity index is 115. The van der Waals surface area contributed by atoms with Crippen molar-refractivity contribution in [2.45, 2.75) is 52.7 Å². The summed E-state index contributed by atoms with van der Waals surface area (Å²) >= 11 is 0. The summed E-state index contributed by atoms with van der Waals surface area (Å²) in [5.74, 6) is 0. The van der Waals surface area contributed by atoms with Crippen LogP contribution in [0.25, 0.3) is 0 Å². The fourth-order valence-corrected chi connectivity index (χ4v) is 0.943. The number of aliphatic hydroxyl groups excluding tert-OH is 1. The van der Waals surface area contributed by atoms with Gasteiger partial charge in [0.1, 0.15) is 0 Å². The van der Waals surface area contributed by atoms with Gasteiger partial charge in [0.15, 0.2) is 0 Å². The molecule has 0 saturated carbocycles. The minimum Gasteiger partial charge on any atom is -0.393 e. The van der Waals surface area contributed by atoms with Crippen molar-refractivity contribution in [1.29, 1.82) is 0 Å². The second-order valence-corrected chi connectivity index (χ2v) is 4.51. The maximum atomic E-state index is 9.67. The van der Waals surface area contributed by atoms with Crippen LogP contribution >= 0.6 is 0 Å². The Kier molecular flexibility index (Phi) is 4.80. The Labute approximate surface area is 75.9 Å². The van der Waals surface area contributed by atoms with Gasteiger partial charge in [-0.25, -0.2) is 0 Å². The van der Waals surface area contributed by atoms with E-state index in [-0.39, 0.29) is 17.6 Å². The predicted octanol–water partition coefficient (Wildman–Crippen LogP) is 2.21. The van der Waals surface area contributed by atoms with Crippen molar-refractivity contribution in [1.82, 2.24) is 0 Å². The highest BCUT2D eigenvalue weighted by Crippen LogP contribution is 2.23. The van der Waals surface area contributed by atoms with Crippen molar-refractivity contribution in [3.05, 3.63) is 0 Å². The van der Waals surface area contributed by atoms with E-state index < -0.39 is 0 Å². The molecule has 0 heterocycles. The molecule has 0 aliphatic carbocycles. The molecule has 1 N–H and O–H groups in total. The van der Waals surface area contributed by atoms with Crippen LogP contribution in [0.2, 0.25) is 0 Å². The van der Waals surface area contributed by atoms with E-state index in [0.717, 1.165) is 12.8 Å². The molecule has 74 valence electrons. The van der Waals surface area contributed by atoms with Gasteiger partial charge < -0.3 is 9.84 Å². The molecule has 12 heavy (non-hydrogen) atoms. The van der Waals surface area contributed by atoms with Crippen LogP contribution in [0.1, 0.15) is 40.5 Å². The molecule has 0 radical (unpaired) electrons. The lowest BCUT2D eigenvalue weighted by atomic mass is 9.86. The predicted molar refractivity (Wildman–Crippen MR) is 51.2 cm³/mol. The van der Waals surface area contributed by atoms with E-state index in [1.165, 1.54) is 0 Å². The van der Waals surface area contributed by atoms with E-state index >= 15 is 0 Å². The maximum absolute atomic E-state index is 9.67. The van der Waals surface area contributed by atoms with Gasteiger partial charge in [0.25, 0.3) is 0 Å². The largest absolute Gasteiger partial charge is 0.393 e. The van der Waals surface area contributed by atoms with Crippen LogP contribution in [0, 0.1) is 5.41 Å². The number of rotatable bonds is 4. The van der Waals surface area contributed by atoms with E-state index in [9.17, 15) is 5.11 Å². The SMILES string of the molecule is COC(C)CCC(O)C(C)(C)C. The van der Waals surface area contributed by atoms with Gasteiger partial charge in [0.2, 0.25) is 0 Å². The summed E-state index contributed by atoms with van der Waals surface area (Å²) in [7, 11) is 1.70. The van der Waals surface area contributed by atoms with Gasteiger partial charge in [-0.3, -0.25) is 0 Å². The molecule has 0 fully saturated rings. The summed E-state index contributed by atoms with van der Waals surface area (Å²) in [4.78, 5) is 0. The standard InChI is InChI=1S/C10H22O2/c1-8(12-5)6-7-9(11)10(2,3)4/h8-9,11H,6-7H2,1-5H3. The number of hydrogen-bond acceptors (Lipinski definition) is 2. The van der Waals surface area contributed by atoms with Crippen molar-refractivity contribution >= 4 is 0 Å². The van der Waals surface area contributed by atoms with Gasteiger partial charge >= 0.3 is 0 Å². The Morgan fingerprint density at radius 1 is 1.25 bits per heavy atom. The molecule has 0 rings (SSSR count). The first-order valence-corrected chi connectivity index (χ1v) is 4.58. The van der Waals surface area contributed by atoms with Crippen LogP contribution in [0.5, 0.6) is 0 Å². The molecule has 2 unspecified atom stereocenters. The zero-order chi connectivity index (χ0) is 9.78. The van der Waals surface area contributed by atoms with Crippen LogP contribution in [-0.2, 0) is 4.74 Å². The van der Waals surface area contributed by atoms with Gasteiger partial charge in [-0.2, -0.15) is 0 Å². The zero-order valence-electron chi connectivity index (χ0n) is 8.92. The smallest absolute Gasteiger partial charge is 0.0589 e. The second kappa shape index (κ2) is 4.83. The molecular formula is C10H22O2. The minimum atomic E-state index is -0.227. The third-order valence-electron chi connectivity index (χ3n) is 2.25. The molecule has 0 aliphatic heterocycles. The molecule has 2 heteroatoms. The summed E-state index contributed by atoms with van der Waals surface area (Å²) < 4.78 is 5.10.